The topological polar surface area (TPSA) is 102 Å². The quantitative estimate of drug-likeness (QED) is 0.617. The number of hydrogen-bond acceptors (Lipinski definition) is 5. The van der Waals surface area contributed by atoms with E-state index in [-0.39, 0.29) is 42.3 Å². The van der Waals surface area contributed by atoms with Gasteiger partial charge in [0.1, 0.15) is 6.04 Å². The number of fused-ring (bicyclic) bond motifs is 1. The molecule has 9 heteroatoms. The third-order valence-corrected chi connectivity index (χ3v) is 7.12. The molecule has 2 unspecified atom stereocenters. The molecule has 1 aromatic rings. The second-order valence-electron chi connectivity index (χ2n) is 9.53. The van der Waals surface area contributed by atoms with E-state index in [1.807, 2.05) is 25.1 Å². The standard InChI is InChI=1S/C24H31N5O4/c1-15(22(31)26-16-6-7-16)27-10-12-28(13-11-27)20(30)14-25-23(32)21-18-4-2-3-5-19(18)24(33)29(21)17-8-9-17/h2-5,15-17,21H,6-14H2,1H3,(H,25,32)(H,26,31). The van der Waals surface area contributed by atoms with Gasteiger partial charge in [0.2, 0.25) is 17.7 Å². The maximum atomic E-state index is 13.1. The van der Waals surface area contributed by atoms with Crippen LogP contribution >= 0.6 is 0 Å². The van der Waals surface area contributed by atoms with Crippen LogP contribution in [0.25, 0.3) is 0 Å². The highest BCUT2D eigenvalue weighted by atomic mass is 16.2. The monoisotopic (exact) mass is 453 g/mol. The van der Waals surface area contributed by atoms with E-state index in [1.165, 1.54) is 0 Å². The maximum Gasteiger partial charge on any atom is 0.255 e. The first kappa shape index (κ1) is 21.9. The van der Waals surface area contributed by atoms with Crippen molar-refractivity contribution in [3.05, 3.63) is 35.4 Å². The van der Waals surface area contributed by atoms with Crippen molar-refractivity contribution in [2.45, 2.75) is 56.8 Å². The maximum absolute atomic E-state index is 13.1. The molecule has 9 nitrogen and oxygen atoms in total. The van der Waals surface area contributed by atoms with Gasteiger partial charge in [-0.15, -0.1) is 0 Å². The average molecular weight is 454 g/mol. The molecule has 1 aromatic carbocycles. The van der Waals surface area contributed by atoms with Crippen LogP contribution in [0, 0.1) is 0 Å². The zero-order valence-corrected chi connectivity index (χ0v) is 19.0. The van der Waals surface area contributed by atoms with Crippen LogP contribution in [0.4, 0.5) is 0 Å². The van der Waals surface area contributed by atoms with Crippen LogP contribution in [0.5, 0.6) is 0 Å². The van der Waals surface area contributed by atoms with Crippen LogP contribution in [0.1, 0.15) is 54.6 Å². The Balaban J connectivity index is 1.13. The van der Waals surface area contributed by atoms with E-state index < -0.39 is 6.04 Å². The minimum atomic E-state index is -0.670. The number of piperazine rings is 1. The van der Waals surface area contributed by atoms with Crippen LogP contribution in [0.2, 0.25) is 0 Å². The van der Waals surface area contributed by atoms with Gasteiger partial charge in [-0.05, 0) is 44.2 Å². The molecule has 2 heterocycles. The first-order chi connectivity index (χ1) is 15.9. The summed E-state index contributed by atoms with van der Waals surface area (Å²) in [4.78, 5) is 56.4. The molecular formula is C24H31N5O4. The van der Waals surface area contributed by atoms with E-state index in [0.29, 0.717) is 43.3 Å². The Labute approximate surface area is 193 Å². The van der Waals surface area contributed by atoms with E-state index in [4.69, 9.17) is 0 Å². The number of rotatable bonds is 7. The highest BCUT2D eigenvalue weighted by Gasteiger charge is 2.47. The SMILES string of the molecule is CC(C(=O)NC1CC1)N1CCN(C(=O)CNC(=O)C2c3ccccc3C(=O)N2C2CC2)CC1. The highest BCUT2D eigenvalue weighted by molar-refractivity contribution is 6.05. The van der Waals surface area contributed by atoms with Crippen LogP contribution in [0.15, 0.2) is 24.3 Å². The van der Waals surface area contributed by atoms with Crippen LogP contribution < -0.4 is 10.6 Å². The van der Waals surface area contributed by atoms with Gasteiger partial charge in [0.15, 0.2) is 0 Å². The zero-order chi connectivity index (χ0) is 23.1. The summed E-state index contributed by atoms with van der Waals surface area (Å²) in [6.07, 6.45) is 3.94. The molecule has 4 aliphatic rings. The van der Waals surface area contributed by atoms with Gasteiger partial charge in [0, 0.05) is 43.8 Å². The van der Waals surface area contributed by atoms with Crippen LogP contribution in [-0.4, -0.2) is 89.2 Å². The lowest BCUT2D eigenvalue weighted by Crippen LogP contribution is -2.56. The molecule has 2 N–H and O–H groups in total. The molecule has 2 aliphatic heterocycles. The summed E-state index contributed by atoms with van der Waals surface area (Å²) in [5.74, 6) is -0.502. The molecule has 33 heavy (non-hydrogen) atoms. The van der Waals surface area contributed by atoms with Gasteiger partial charge in [-0.3, -0.25) is 24.1 Å². The predicted octanol–water partition coefficient (Wildman–Crippen LogP) is 0.273. The Morgan fingerprint density at radius 2 is 1.73 bits per heavy atom. The number of nitrogens with one attached hydrogen (secondary N) is 2. The van der Waals surface area contributed by atoms with Gasteiger partial charge in [-0.25, -0.2) is 0 Å². The fourth-order valence-electron chi connectivity index (χ4n) is 4.78. The van der Waals surface area contributed by atoms with E-state index >= 15 is 0 Å². The third-order valence-electron chi connectivity index (χ3n) is 7.12. The molecule has 0 bridgehead atoms. The molecular weight excluding hydrogens is 422 g/mol. The fraction of sp³-hybridized carbons (Fsp3) is 0.583. The van der Waals surface area contributed by atoms with Crippen molar-refractivity contribution in [3.8, 4) is 0 Å². The molecule has 2 aliphatic carbocycles. The largest absolute Gasteiger partial charge is 0.352 e. The fourth-order valence-corrected chi connectivity index (χ4v) is 4.78. The minimum Gasteiger partial charge on any atom is -0.352 e. The smallest absolute Gasteiger partial charge is 0.255 e. The summed E-state index contributed by atoms with van der Waals surface area (Å²) < 4.78 is 0. The average Bonchev–Trinajstić information content (AvgIpc) is 3.77. The molecule has 2 saturated carbocycles. The van der Waals surface area contributed by atoms with Crippen molar-refractivity contribution >= 4 is 23.6 Å². The van der Waals surface area contributed by atoms with Crippen LogP contribution in [-0.2, 0) is 14.4 Å². The summed E-state index contributed by atoms with van der Waals surface area (Å²) in [6, 6.07) is 6.78. The second kappa shape index (κ2) is 8.78. The molecule has 1 saturated heterocycles. The van der Waals surface area contributed by atoms with Crippen molar-refractivity contribution in [2.75, 3.05) is 32.7 Å². The van der Waals surface area contributed by atoms with Gasteiger partial charge in [0.05, 0.1) is 12.6 Å². The van der Waals surface area contributed by atoms with Crippen molar-refractivity contribution in [1.29, 1.82) is 0 Å². The molecule has 3 fully saturated rings. The molecule has 4 amide bonds. The summed E-state index contributed by atoms with van der Waals surface area (Å²) >= 11 is 0. The number of carbonyl (C=O) groups excluding carboxylic acids is 4. The minimum absolute atomic E-state index is 0.0520. The van der Waals surface area contributed by atoms with E-state index in [1.54, 1.807) is 15.9 Å². The lowest BCUT2D eigenvalue weighted by Gasteiger charge is -2.37. The number of amides is 4. The Morgan fingerprint density at radius 3 is 2.39 bits per heavy atom. The first-order valence-electron chi connectivity index (χ1n) is 12.0. The normalized spacial score (nSPS) is 23.8. The predicted molar refractivity (Wildman–Crippen MR) is 120 cm³/mol. The zero-order valence-electron chi connectivity index (χ0n) is 19.0. The van der Waals surface area contributed by atoms with Gasteiger partial charge in [-0.1, -0.05) is 18.2 Å². The lowest BCUT2D eigenvalue weighted by molar-refractivity contribution is -0.136. The highest BCUT2D eigenvalue weighted by Crippen LogP contribution is 2.41. The van der Waals surface area contributed by atoms with Crippen molar-refractivity contribution in [2.24, 2.45) is 0 Å². The first-order valence-corrected chi connectivity index (χ1v) is 12.0. The Hall–Kier alpha value is -2.94. The van der Waals surface area contributed by atoms with Gasteiger partial charge in [-0.2, -0.15) is 0 Å². The Kier molecular flexibility index (Phi) is 5.82. The molecule has 176 valence electrons. The van der Waals surface area contributed by atoms with Crippen molar-refractivity contribution in [3.63, 3.8) is 0 Å². The Morgan fingerprint density at radius 1 is 1.03 bits per heavy atom. The molecule has 0 spiro atoms. The molecule has 2 atom stereocenters. The summed E-state index contributed by atoms with van der Waals surface area (Å²) in [5.41, 5.74) is 1.29. The number of carbonyl (C=O) groups is 4. The van der Waals surface area contributed by atoms with Gasteiger partial charge < -0.3 is 20.4 Å². The van der Waals surface area contributed by atoms with E-state index in [2.05, 4.69) is 15.5 Å². The molecule has 0 aromatic heterocycles. The van der Waals surface area contributed by atoms with E-state index in [9.17, 15) is 19.2 Å². The molecule has 0 radical (unpaired) electrons. The van der Waals surface area contributed by atoms with Gasteiger partial charge >= 0.3 is 0 Å². The third kappa shape index (κ3) is 4.46. The van der Waals surface area contributed by atoms with Crippen molar-refractivity contribution < 1.29 is 19.2 Å². The lowest BCUT2D eigenvalue weighted by atomic mass is 10.0. The summed E-state index contributed by atoms with van der Waals surface area (Å²) in [6.45, 7) is 4.10. The second-order valence-corrected chi connectivity index (χ2v) is 9.53. The van der Waals surface area contributed by atoms with Gasteiger partial charge in [0.25, 0.3) is 5.91 Å². The van der Waals surface area contributed by atoms with E-state index in [0.717, 1.165) is 25.7 Å². The van der Waals surface area contributed by atoms with Crippen LogP contribution in [0.3, 0.4) is 0 Å². The Bertz CT molecular complexity index is 965. The molecule has 5 rings (SSSR count). The number of nitrogens with zero attached hydrogens (tertiary/aromatic N) is 3. The number of hydrogen-bond donors (Lipinski definition) is 2. The summed E-state index contributed by atoms with van der Waals surface area (Å²) in [7, 11) is 0. The summed E-state index contributed by atoms with van der Waals surface area (Å²) in [5, 5.41) is 5.81. The number of benzene rings is 1. The van der Waals surface area contributed by atoms with Crippen molar-refractivity contribution in [1.82, 2.24) is 25.3 Å².